The number of aryl methyl sites for hydroxylation is 3. The Balaban J connectivity index is 1.42. The minimum Gasteiger partial charge on any atom is -0.371 e. The highest BCUT2D eigenvalue weighted by molar-refractivity contribution is 7.84. The number of hydrogen-bond donors (Lipinski definition) is 1. The third-order valence-corrected chi connectivity index (χ3v) is 9.24. The average Bonchev–Trinajstić information content (AvgIpc) is 3.29. The van der Waals surface area contributed by atoms with E-state index in [0.717, 1.165) is 30.7 Å². The molecule has 3 aliphatic rings. The molecule has 0 spiro atoms. The number of rotatable bonds is 5. The number of nitrogens with zero attached hydrogens (tertiary/aromatic N) is 4. The quantitative estimate of drug-likeness (QED) is 0.735. The van der Waals surface area contributed by atoms with E-state index in [1.54, 1.807) is 0 Å². The lowest BCUT2D eigenvalue weighted by Gasteiger charge is -2.51. The molecule has 2 N–H and O–H groups in total. The molecule has 0 bridgehead atoms. The molecule has 8 nitrogen and oxygen atoms in total. The highest BCUT2D eigenvalue weighted by Crippen LogP contribution is 2.63. The second-order valence-corrected chi connectivity index (χ2v) is 11.4. The molecule has 5 atom stereocenters. The molecule has 0 saturated heterocycles. The Labute approximate surface area is 190 Å². The van der Waals surface area contributed by atoms with Gasteiger partial charge in [0.25, 0.3) is 0 Å². The van der Waals surface area contributed by atoms with Crippen LogP contribution in [-0.2, 0) is 36.6 Å². The second kappa shape index (κ2) is 7.80. The molecule has 5 rings (SSSR count). The fourth-order valence-electron chi connectivity index (χ4n) is 7.21. The first-order chi connectivity index (χ1) is 15.2. The van der Waals surface area contributed by atoms with E-state index in [1.807, 2.05) is 24.7 Å². The maximum Gasteiger partial charge on any atom is 0.380 e. The van der Waals surface area contributed by atoms with Crippen molar-refractivity contribution in [2.24, 2.45) is 35.4 Å². The first-order valence-electron chi connectivity index (χ1n) is 11.8. The molecular formula is C23H33N5O3S. The molecule has 9 heteroatoms. The number of tetrazole rings is 1. The Morgan fingerprint density at radius 2 is 2.06 bits per heavy atom. The molecule has 1 aromatic heterocycles. The zero-order valence-electron chi connectivity index (χ0n) is 19.1. The van der Waals surface area contributed by atoms with E-state index < -0.39 is 10.3 Å². The Morgan fingerprint density at radius 1 is 1.25 bits per heavy atom. The molecule has 1 aromatic carbocycles. The number of nitrogens with two attached hydrogens (primary N) is 1. The summed E-state index contributed by atoms with van der Waals surface area (Å²) >= 11 is 0. The second-order valence-electron chi connectivity index (χ2n) is 10.2. The molecule has 0 unspecified atom stereocenters. The zero-order valence-corrected chi connectivity index (χ0v) is 19.9. The summed E-state index contributed by atoms with van der Waals surface area (Å²) in [6.45, 7) is 4.53. The highest BCUT2D eigenvalue weighted by atomic mass is 32.2. The molecule has 0 aliphatic heterocycles. The summed E-state index contributed by atoms with van der Waals surface area (Å²) in [6, 6.07) is 4.13. The predicted molar refractivity (Wildman–Crippen MR) is 120 cm³/mol. The Bertz CT molecular complexity index is 1130. The summed E-state index contributed by atoms with van der Waals surface area (Å²) in [5, 5.41) is 17.3. The topological polar surface area (TPSA) is 113 Å². The van der Waals surface area contributed by atoms with E-state index in [2.05, 4.69) is 28.5 Å². The summed E-state index contributed by atoms with van der Waals surface area (Å²) < 4.78 is 30.0. The van der Waals surface area contributed by atoms with Gasteiger partial charge in [-0.25, -0.2) is 4.68 Å². The number of fused-ring (bicyclic) bond motifs is 5. The Kier molecular flexibility index (Phi) is 5.32. The Hall–Kier alpha value is -2.00. The highest BCUT2D eigenvalue weighted by Gasteiger charge is 2.54. The van der Waals surface area contributed by atoms with Crippen molar-refractivity contribution in [3.8, 4) is 5.75 Å². The number of hydrogen-bond acceptors (Lipinski definition) is 6. The monoisotopic (exact) mass is 459 g/mol. The summed E-state index contributed by atoms with van der Waals surface area (Å²) in [6.07, 6.45) is 8.69. The lowest BCUT2D eigenvalue weighted by Crippen LogP contribution is -2.42. The van der Waals surface area contributed by atoms with Gasteiger partial charge in [0.2, 0.25) is 0 Å². The van der Waals surface area contributed by atoms with Gasteiger partial charge in [-0.15, -0.1) is 5.10 Å². The SMILES string of the molecule is CCc1cc2c(cc1OS(N)(=O)=O)CC[C@@H]1[C@@H]2CC[C@]2(C)[C@@H](Cc3nnnn3C)CC[C@@H]12. The van der Waals surface area contributed by atoms with Crippen molar-refractivity contribution in [2.45, 2.75) is 71.1 Å². The smallest absolute Gasteiger partial charge is 0.371 e. The summed E-state index contributed by atoms with van der Waals surface area (Å²) in [5.41, 5.74) is 3.88. The van der Waals surface area contributed by atoms with Gasteiger partial charge in [0.15, 0.2) is 5.82 Å². The van der Waals surface area contributed by atoms with Gasteiger partial charge in [-0.05, 0) is 107 Å². The molecule has 174 valence electrons. The van der Waals surface area contributed by atoms with Crippen molar-refractivity contribution in [2.75, 3.05) is 0 Å². The molecule has 0 amide bonds. The van der Waals surface area contributed by atoms with Crippen LogP contribution in [0.2, 0.25) is 0 Å². The summed E-state index contributed by atoms with van der Waals surface area (Å²) in [4.78, 5) is 0. The van der Waals surface area contributed by atoms with Crippen LogP contribution in [0.25, 0.3) is 0 Å². The van der Waals surface area contributed by atoms with Crippen molar-refractivity contribution in [3.63, 3.8) is 0 Å². The predicted octanol–water partition coefficient (Wildman–Crippen LogP) is 3.07. The van der Waals surface area contributed by atoms with E-state index in [0.29, 0.717) is 41.3 Å². The molecule has 32 heavy (non-hydrogen) atoms. The van der Waals surface area contributed by atoms with E-state index in [4.69, 9.17) is 9.32 Å². The van der Waals surface area contributed by atoms with Crippen LogP contribution in [0.5, 0.6) is 5.75 Å². The van der Waals surface area contributed by atoms with Crippen molar-refractivity contribution < 1.29 is 12.6 Å². The minimum absolute atomic E-state index is 0.328. The Morgan fingerprint density at radius 3 is 2.75 bits per heavy atom. The van der Waals surface area contributed by atoms with Crippen LogP contribution in [0.3, 0.4) is 0 Å². The van der Waals surface area contributed by atoms with Crippen LogP contribution in [-0.4, -0.2) is 28.6 Å². The maximum atomic E-state index is 11.5. The number of aromatic nitrogens is 4. The molecule has 2 aromatic rings. The van der Waals surface area contributed by atoms with Crippen LogP contribution in [0.15, 0.2) is 12.1 Å². The molecule has 0 radical (unpaired) electrons. The van der Waals surface area contributed by atoms with Crippen molar-refractivity contribution in [1.29, 1.82) is 0 Å². The fraction of sp³-hybridized carbons (Fsp3) is 0.696. The summed E-state index contributed by atoms with van der Waals surface area (Å²) in [5.74, 6) is 3.94. The van der Waals surface area contributed by atoms with Crippen LogP contribution in [0.1, 0.15) is 74.4 Å². The summed E-state index contributed by atoms with van der Waals surface area (Å²) in [7, 11) is -2.10. The molecular weight excluding hydrogens is 426 g/mol. The molecule has 1 heterocycles. The molecule has 2 saturated carbocycles. The van der Waals surface area contributed by atoms with E-state index in [9.17, 15) is 8.42 Å². The van der Waals surface area contributed by atoms with Crippen molar-refractivity contribution in [1.82, 2.24) is 20.2 Å². The van der Waals surface area contributed by atoms with Gasteiger partial charge < -0.3 is 4.18 Å². The van der Waals surface area contributed by atoms with Crippen LogP contribution < -0.4 is 9.32 Å². The third kappa shape index (κ3) is 3.63. The van der Waals surface area contributed by atoms with Gasteiger partial charge in [-0.3, -0.25) is 0 Å². The largest absolute Gasteiger partial charge is 0.380 e. The van der Waals surface area contributed by atoms with Crippen molar-refractivity contribution >= 4 is 10.3 Å². The molecule has 3 aliphatic carbocycles. The first-order valence-corrected chi connectivity index (χ1v) is 13.3. The van der Waals surface area contributed by atoms with Gasteiger partial charge in [0, 0.05) is 13.5 Å². The van der Waals surface area contributed by atoms with Crippen molar-refractivity contribution in [3.05, 3.63) is 34.6 Å². The van der Waals surface area contributed by atoms with Gasteiger partial charge in [0.05, 0.1) is 0 Å². The van der Waals surface area contributed by atoms with Gasteiger partial charge in [-0.2, -0.15) is 13.6 Å². The fourth-order valence-corrected chi connectivity index (χ4v) is 7.62. The lowest BCUT2D eigenvalue weighted by molar-refractivity contribution is 0.0277. The maximum absolute atomic E-state index is 11.5. The third-order valence-electron chi connectivity index (χ3n) is 8.83. The van der Waals surface area contributed by atoms with E-state index in [1.165, 1.54) is 36.8 Å². The van der Waals surface area contributed by atoms with Crippen LogP contribution in [0, 0.1) is 23.2 Å². The lowest BCUT2D eigenvalue weighted by atomic mass is 9.54. The molecule has 2 fully saturated rings. The first kappa shape index (κ1) is 21.8. The number of benzene rings is 1. The minimum atomic E-state index is -4.03. The normalized spacial score (nSPS) is 31.6. The van der Waals surface area contributed by atoms with E-state index >= 15 is 0 Å². The van der Waals surface area contributed by atoms with Gasteiger partial charge >= 0.3 is 10.3 Å². The van der Waals surface area contributed by atoms with Crippen LogP contribution >= 0.6 is 0 Å². The van der Waals surface area contributed by atoms with Crippen LogP contribution in [0.4, 0.5) is 0 Å². The average molecular weight is 460 g/mol. The standard InChI is InChI=1S/C23H33N5O3S/c1-4-14-11-19-15(12-21(14)31-32(24,29)30)5-7-18-17(19)9-10-23(2)16(6-8-20(18)23)13-22-25-26-27-28(22)3/h11-12,16-18,20H,4-10,13H2,1-3H3,(H2,24,29,30)/t16-,17+,18-,20+,23-/m1/s1. The zero-order chi connectivity index (χ0) is 22.7. The van der Waals surface area contributed by atoms with E-state index in [-0.39, 0.29) is 0 Å². The van der Waals surface area contributed by atoms with Gasteiger partial charge in [-0.1, -0.05) is 19.9 Å². The van der Waals surface area contributed by atoms with Gasteiger partial charge in [0.1, 0.15) is 5.75 Å².